The molecule has 0 aromatic heterocycles. The van der Waals surface area contributed by atoms with Gasteiger partial charge in [0.1, 0.15) is 0 Å². The summed E-state index contributed by atoms with van der Waals surface area (Å²) in [7, 11) is 4.04. The van der Waals surface area contributed by atoms with Gasteiger partial charge in [0.15, 0.2) is 0 Å². The number of nitrogens with one attached hydrogen (secondary N) is 1. The SMILES string of the molecule is CN(C)CCCNC(=O)Cc1ccccc1N. The summed E-state index contributed by atoms with van der Waals surface area (Å²) in [5.74, 6) is 0.0293. The van der Waals surface area contributed by atoms with E-state index in [0.29, 0.717) is 18.7 Å². The Balaban J connectivity index is 2.28. The van der Waals surface area contributed by atoms with Crippen LogP contribution in [0.3, 0.4) is 0 Å². The quantitative estimate of drug-likeness (QED) is 0.568. The molecule has 0 saturated heterocycles. The van der Waals surface area contributed by atoms with Crippen LogP contribution in [0.15, 0.2) is 24.3 Å². The average molecular weight is 235 g/mol. The van der Waals surface area contributed by atoms with E-state index >= 15 is 0 Å². The van der Waals surface area contributed by atoms with Crippen LogP contribution in [-0.2, 0) is 11.2 Å². The van der Waals surface area contributed by atoms with E-state index in [9.17, 15) is 4.79 Å². The summed E-state index contributed by atoms with van der Waals surface area (Å²) >= 11 is 0. The van der Waals surface area contributed by atoms with Crippen molar-refractivity contribution < 1.29 is 4.79 Å². The number of nitrogen functional groups attached to an aromatic ring is 1. The van der Waals surface area contributed by atoms with Crippen LogP contribution in [0.1, 0.15) is 12.0 Å². The second-order valence-corrected chi connectivity index (χ2v) is 4.38. The van der Waals surface area contributed by atoms with Crippen molar-refractivity contribution in [2.24, 2.45) is 0 Å². The molecule has 0 aliphatic rings. The Morgan fingerprint density at radius 2 is 2.06 bits per heavy atom. The van der Waals surface area contributed by atoms with Gasteiger partial charge in [0, 0.05) is 12.2 Å². The monoisotopic (exact) mass is 235 g/mol. The molecule has 0 saturated carbocycles. The predicted molar refractivity (Wildman–Crippen MR) is 70.7 cm³/mol. The Morgan fingerprint density at radius 3 is 2.71 bits per heavy atom. The molecule has 3 N–H and O–H groups in total. The fourth-order valence-corrected chi connectivity index (χ4v) is 1.55. The van der Waals surface area contributed by atoms with Gasteiger partial charge in [-0.15, -0.1) is 0 Å². The molecule has 1 aromatic rings. The maximum Gasteiger partial charge on any atom is 0.224 e. The zero-order valence-corrected chi connectivity index (χ0v) is 10.6. The van der Waals surface area contributed by atoms with Gasteiger partial charge in [0.25, 0.3) is 0 Å². The topological polar surface area (TPSA) is 58.4 Å². The van der Waals surface area contributed by atoms with Crippen molar-refractivity contribution in [2.75, 3.05) is 32.9 Å². The Kier molecular flexibility index (Phi) is 5.49. The molecule has 0 radical (unpaired) electrons. The maximum absolute atomic E-state index is 11.6. The molecule has 1 amide bonds. The van der Waals surface area contributed by atoms with Crippen LogP contribution < -0.4 is 11.1 Å². The smallest absolute Gasteiger partial charge is 0.224 e. The minimum atomic E-state index is 0.0293. The lowest BCUT2D eigenvalue weighted by atomic mass is 10.1. The number of anilines is 1. The number of rotatable bonds is 6. The van der Waals surface area contributed by atoms with Crippen molar-refractivity contribution >= 4 is 11.6 Å². The van der Waals surface area contributed by atoms with E-state index in [1.54, 1.807) is 0 Å². The summed E-state index contributed by atoms with van der Waals surface area (Å²) in [6, 6.07) is 7.46. The fourth-order valence-electron chi connectivity index (χ4n) is 1.55. The van der Waals surface area contributed by atoms with E-state index in [-0.39, 0.29) is 5.91 Å². The van der Waals surface area contributed by atoms with E-state index in [1.807, 2.05) is 38.4 Å². The number of carbonyl (C=O) groups excluding carboxylic acids is 1. The molecule has 0 aliphatic carbocycles. The van der Waals surface area contributed by atoms with Crippen LogP contribution >= 0.6 is 0 Å². The van der Waals surface area contributed by atoms with Crippen molar-refractivity contribution in [3.8, 4) is 0 Å². The summed E-state index contributed by atoms with van der Waals surface area (Å²) in [5, 5.41) is 2.89. The summed E-state index contributed by atoms with van der Waals surface area (Å²) in [6.45, 7) is 1.69. The molecular formula is C13H21N3O. The minimum absolute atomic E-state index is 0.0293. The van der Waals surface area contributed by atoms with Crippen LogP contribution in [0.4, 0.5) is 5.69 Å². The average Bonchev–Trinajstić information content (AvgIpc) is 2.27. The van der Waals surface area contributed by atoms with Crippen LogP contribution in [0.2, 0.25) is 0 Å². The molecule has 0 heterocycles. The van der Waals surface area contributed by atoms with Gasteiger partial charge in [-0.1, -0.05) is 18.2 Å². The van der Waals surface area contributed by atoms with Gasteiger partial charge in [-0.05, 0) is 38.7 Å². The highest BCUT2D eigenvalue weighted by atomic mass is 16.1. The van der Waals surface area contributed by atoms with E-state index in [1.165, 1.54) is 0 Å². The summed E-state index contributed by atoms with van der Waals surface area (Å²) in [4.78, 5) is 13.7. The lowest BCUT2D eigenvalue weighted by Gasteiger charge is -2.10. The van der Waals surface area contributed by atoms with Crippen LogP contribution in [-0.4, -0.2) is 38.0 Å². The third-order valence-corrected chi connectivity index (χ3v) is 2.51. The third-order valence-electron chi connectivity index (χ3n) is 2.51. The van der Waals surface area contributed by atoms with Gasteiger partial charge >= 0.3 is 0 Å². The standard InChI is InChI=1S/C13H21N3O/c1-16(2)9-5-8-15-13(17)10-11-6-3-4-7-12(11)14/h3-4,6-7H,5,8-10,14H2,1-2H3,(H,15,17). The Bertz CT molecular complexity index is 363. The third kappa shape index (κ3) is 5.36. The van der Waals surface area contributed by atoms with Gasteiger partial charge in [-0.25, -0.2) is 0 Å². The van der Waals surface area contributed by atoms with Crippen molar-refractivity contribution in [2.45, 2.75) is 12.8 Å². The Hall–Kier alpha value is -1.55. The molecule has 0 fully saturated rings. The zero-order valence-electron chi connectivity index (χ0n) is 10.6. The molecule has 4 heteroatoms. The molecule has 0 atom stereocenters. The van der Waals surface area contributed by atoms with Crippen LogP contribution in [0.25, 0.3) is 0 Å². The summed E-state index contributed by atoms with van der Waals surface area (Å²) in [5.41, 5.74) is 7.34. The maximum atomic E-state index is 11.6. The van der Waals surface area contributed by atoms with Crippen molar-refractivity contribution in [3.05, 3.63) is 29.8 Å². The van der Waals surface area contributed by atoms with Gasteiger partial charge in [-0.3, -0.25) is 4.79 Å². The lowest BCUT2D eigenvalue weighted by Crippen LogP contribution is -2.28. The molecule has 0 unspecified atom stereocenters. The first-order chi connectivity index (χ1) is 8.09. The number of amides is 1. The number of hydrogen-bond acceptors (Lipinski definition) is 3. The lowest BCUT2D eigenvalue weighted by molar-refractivity contribution is -0.120. The number of nitrogens with two attached hydrogens (primary N) is 1. The number of benzene rings is 1. The van der Waals surface area contributed by atoms with Crippen molar-refractivity contribution in [1.82, 2.24) is 10.2 Å². The molecule has 17 heavy (non-hydrogen) atoms. The fraction of sp³-hybridized carbons (Fsp3) is 0.462. The first kappa shape index (κ1) is 13.5. The van der Waals surface area contributed by atoms with E-state index in [4.69, 9.17) is 5.73 Å². The van der Waals surface area contributed by atoms with Crippen molar-refractivity contribution in [1.29, 1.82) is 0 Å². The van der Waals surface area contributed by atoms with E-state index in [0.717, 1.165) is 18.5 Å². The first-order valence-corrected chi connectivity index (χ1v) is 5.84. The van der Waals surface area contributed by atoms with Gasteiger partial charge in [0.05, 0.1) is 6.42 Å². The number of para-hydroxylation sites is 1. The molecule has 0 aliphatic heterocycles. The second kappa shape index (κ2) is 6.91. The summed E-state index contributed by atoms with van der Waals surface area (Å²) < 4.78 is 0. The van der Waals surface area contributed by atoms with Crippen LogP contribution in [0, 0.1) is 0 Å². The Morgan fingerprint density at radius 1 is 1.35 bits per heavy atom. The van der Waals surface area contributed by atoms with E-state index in [2.05, 4.69) is 10.2 Å². The molecule has 1 aromatic carbocycles. The predicted octanol–water partition coefficient (Wildman–Crippen LogP) is 0.879. The highest BCUT2D eigenvalue weighted by Crippen LogP contribution is 2.10. The molecule has 4 nitrogen and oxygen atoms in total. The van der Waals surface area contributed by atoms with Gasteiger partial charge < -0.3 is 16.0 Å². The molecule has 94 valence electrons. The molecule has 0 spiro atoms. The highest BCUT2D eigenvalue weighted by molar-refractivity contribution is 5.80. The number of carbonyl (C=O) groups is 1. The van der Waals surface area contributed by atoms with Gasteiger partial charge in [0.2, 0.25) is 5.91 Å². The molecule has 0 bridgehead atoms. The minimum Gasteiger partial charge on any atom is -0.398 e. The molecule has 1 rings (SSSR count). The number of hydrogen-bond donors (Lipinski definition) is 2. The zero-order chi connectivity index (χ0) is 12.7. The van der Waals surface area contributed by atoms with Crippen LogP contribution in [0.5, 0.6) is 0 Å². The second-order valence-electron chi connectivity index (χ2n) is 4.38. The summed E-state index contributed by atoms with van der Waals surface area (Å²) in [6.07, 6.45) is 1.32. The normalized spacial score (nSPS) is 10.5. The first-order valence-electron chi connectivity index (χ1n) is 5.84. The molecular weight excluding hydrogens is 214 g/mol. The number of nitrogens with zero attached hydrogens (tertiary/aromatic N) is 1. The van der Waals surface area contributed by atoms with E-state index < -0.39 is 0 Å². The van der Waals surface area contributed by atoms with Gasteiger partial charge in [-0.2, -0.15) is 0 Å². The van der Waals surface area contributed by atoms with Crippen molar-refractivity contribution in [3.63, 3.8) is 0 Å². The highest BCUT2D eigenvalue weighted by Gasteiger charge is 2.05. The largest absolute Gasteiger partial charge is 0.398 e. The Labute approximate surface area is 103 Å².